The maximum absolute atomic E-state index is 4.59. The van der Waals surface area contributed by atoms with E-state index in [1.165, 1.54) is 43.2 Å². The number of hydrogen-bond donors (Lipinski definition) is 2. The number of hydrogen-bond acceptors (Lipinski definition) is 4. The number of fused-ring (bicyclic) bond motifs is 1. The van der Waals surface area contributed by atoms with E-state index >= 15 is 0 Å². The van der Waals surface area contributed by atoms with Gasteiger partial charge >= 0.3 is 0 Å². The molecule has 3 nitrogen and oxygen atoms in total. The zero-order valence-corrected chi connectivity index (χ0v) is 12.7. The van der Waals surface area contributed by atoms with E-state index in [9.17, 15) is 0 Å². The van der Waals surface area contributed by atoms with Gasteiger partial charge in [-0.2, -0.15) is 0 Å². The van der Waals surface area contributed by atoms with Crippen LogP contribution in [0.15, 0.2) is 24.3 Å². The first-order valence-electron chi connectivity index (χ1n) is 7.75. The van der Waals surface area contributed by atoms with Gasteiger partial charge in [-0.05, 0) is 25.0 Å². The van der Waals surface area contributed by atoms with Gasteiger partial charge in [-0.25, -0.2) is 4.98 Å². The van der Waals surface area contributed by atoms with Crippen LogP contribution in [-0.4, -0.2) is 24.1 Å². The molecule has 0 unspecified atom stereocenters. The largest absolute Gasteiger partial charge is 0.360 e. The first-order chi connectivity index (χ1) is 9.92. The number of benzene rings is 1. The molecule has 0 amide bonds. The number of rotatable bonds is 5. The van der Waals surface area contributed by atoms with E-state index in [-0.39, 0.29) is 0 Å². The summed E-state index contributed by atoms with van der Waals surface area (Å²) in [7, 11) is 0. The summed E-state index contributed by atoms with van der Waals surface area (Å²) >= 11 is 1.74. The van der Waals surface area contributed by atoms with Crippen molar-refractivity contribution in [2.45, 2.75) is 44.6 Å². The van der Waals surface area contributed by atoms with E-state index in [2.05, 4.69) is 33.8 Å². The molecule has 1 aliphatic carbocycles. The lowest BCUT2D eigenvalue weighted by molar-refractivity contribution is 0.468. The van der Waals surface area contributed by atoms with Gasteiger partial charge in [0.1, 0.15) is 0 Å². The van der Waals surface area contributed by atoms with Gasteiger partial charge in [0.15, 0.2) is 5.13 Å². The Bertz CT molecular complexity index is 496. The van der Waals surface area contributed by atoms with Gasteiger partial charge in [-0.1, -0.05) is 49.2 Å². The lowest BCUT2D eigenvalue weighted by Gasteiger charge is -2.16. The van der Waals surface area contributed by atoms with Gasteiger partial charge in [0.2, 0.25) is 0 Å². The van der Waals surface area contributed by atoms with Crippen LogP contribution in [0.3, 0.4) is 0 Å². The maximum Gasteiger partial charge on any atom is 0.183 e. The molecule has 1 aromatic carbocycles. The van der Waals surface area contributed by atoms with Crippen LogP contribution in [0.4, 0.5) is 5.13 Å². The van der Waals surface area contributed by atoms with Crippen LogP contribution in [0.1, 0.15) is 38.5 Å². The first-order valence-corrected chi connectivity index (χ1v) is 8.56. The van der Waals surface area contributed by atoms with Gasteiger partial charge in [0.05, 0.1) is 10.2 Å². The highest BCUT2D eigenvalue weighted by molar-refractivity contribution is 7.22. The highest BCUT2D eigenvalue weighted by Crippen LogP contribution is 2.25. The second kappa shape index (κ2) is 7.04. The lowest BCUT2D eigenvalue weighted by Crippen LogP contribution is -2.32. The fraction of sp³-hybridized carbons (Fsp3) is 0.562. The summed E-state index contributed by atoms with van der Waals surface area (Å²) < 4.78 is 1.26. The summed E-state index contributed by atoms with van der Waals surface area (Å²) in [6.45, 7) is 1.98. The summed E-state index contributed by atoms with van der Waals surface area (Å²) in [4.78, 5) is 4.59. The van der Waals surface area contributed by atoms with Crippen molar-refractivity contribution in [2.24, 2.45) is 0 Å². The van der Waals surface area contributed by atoms with E-state index < -0.39 is 0 Å². The summed E-state index contributed by atoms with van der Waals surface area (Å²) in [6, 6.07) is 9.04. The number of anilines is 1. The van der Waals surface area contributed by atoms with Gasteiger partial charge in [0, 0.05) is 19.1 Å². The van der Waals surface area contributed by atoms with Crippen LogP contribution >= 0.6 is 11.3 Å². The first kappa shape index (κ1) is 13.8. The third-order valence-corrected chi connectivity index (χ3v) is 4.98. The second-order valence-corrected chi connectivity index (χ2v) is 6.59. The standard InChI is InChI=1S/C16H23N3S/c1-2-4-8-13(7-3-1)17-11-12-18-16-19-14-9-5-6-10-15(14)20-16/h5-6,9-10,13,17H,1-4,7-8,11-12H2,(H,18,19). The van der Waals surface area contributed by atoms with Gasteiger partial charge < -0.3 is 10.6 Å². The molecule has 0 saturated heterocycles. The third kappa shape index (κ3) is 3.70. The average Bonchev–Trinajstić information content (AvgIpc) is 2.70. The van der Waals surface area contributed by atoms with Gasteiger partial charge in [-0.3, -0.25) is 0 Å². The monoisotopic (exact) mass is 289 g/mol. The van der Waals surface area contributed by atoms with Crippen LogP contribution in [-0.2, 0) is 0 Å². The molecule has 2 N–H and O–H groups in total. The third-order valence-electron chi connectivity index (χ3n) is 3.98. The molecule has 0 atom stereocenters. The topological polar surface area (TPSA) is 37.0 Å². The van der Waals surface area contributed by atoms with Crippen molar-refractivity contribution in [1.29, 1.82) is 0 Å². The Labute approximate surface area is 124 Å². The Balaban J connectivity index is 1.43. The van der Waals surface area contributed by atoms with Crippen LogP contribution in [0.5, 0.6) is 0 Å². The van der Waals surface area contributed by atoms with Crippen LogP contribution in [0.2, 0.25) is 0 Å². The maximum atomic E-state index is 4.59. The second-order valence-electron chi connectivity index (χ2n) is 5.56. The lowest BCUT2D eigenvalue weighted by atomic mass is 10.1. The van der Waals surface area contributed by atoms with Crippen molar-refractivity contribution in [3.05, 3.63) is 24.3 Å². The van der Waals surface area contributed by atoms with Crippen molar-refractivity contribution in [2.75, 3.05) is 18.4 Å². The fourth-order valence-corrected chi connectivity index (χ4v) is 3.77. The predicted molar refractivity (Wildman–Crippen MR) is 87.6 cm³/mol. The summed E-state index contributed by atoms with van der Waals surface area (Å²) in [5, 5.41) is 8.15. The molecule has 0 aliphatic heterocycles. The van der Waals surface area contributed by atoms with E-state index in [1.807, 2.05) is 6.07 Å². The van der Waals surface area contributed by atoms with E-state index in [4.69, 9.17) is 0 Å². The molecule has 1 aliphatic rings. The Morgan fingerprint density at radius 3 is 2.65 bits per heavy atom. The summed E-state index contributed by atoms with van der Waals surface area (Å²) in [5.41, 5.74) is 1.09. The molecule has 0 spiro atoms. The Kier molecular flexibility index (Phi) is 4.87. The fourth-order valence-electron chi connectivity index (χ4n) is 2.88. The Morgan fingerprint density at radius 2 is 1.85 bits per heavy atom. The van der Waals surface area contributed by atoms with Crippen LogP contribution in [0.25, 0.3) is 10.2 Å². The van der Waals surface area contributed by atoms with Crippen molar-refractivity contribution in [3.8, 4) is 0 Å². The SMILES string of the molecule is c1ccc2sc(NCCNC3CCCCCC3)nc2c1. The molecule has 20 heavy (non-hydrogen) atoms. The van der Waals surface area contributed by atoms with Gasteiger partial charge in [-0.15, -0.1) is 0 Å². The summed E-state index contributed by atoms with van der Waals surface area (Å²) in [5.74, 6) is 0. The van der Waals surface area contributed by atoms with Crippen molar-refractivity contribution in [3.63, 3.8) is 0 Å². The number of para-hydroxylation sites is 1. The molecule has 0 radical (unpaired) electrons. The summed E-state index contributed by atoms with van der Waals surface area (Å²) in [6.07, 6.45) is 8.32. The molecular weight excluding hydrogens is 266 g/mol. The number of nitrogens with one attached hydrogen (secondary N) is 2. The minimum absolute atomic E-state index is 0.731. The average molecular weight is 289 g/mol. The number of nitrogens with zero attached hydrogens (tertiary/aromatic N) is 1. The highest BCUT2D eigenvalue weighted by Gasteiger charge is 2.10. The quantitative estimate of drug-likeness (QED) is 0.645. The van der Waals surface area contributed by atoms with Crippen molar-refractivity contribution < 1.29 is 0 Å². The smallest absolute Gasteiger partial charge is 0.183 e. The molecule has 1 heterocycles. The van der Waals surface area contributed by atoms with Gasteiger partial charge in [0.25, 0.3) is 0 Å². The molecular formula is C16H23N3S. The van der Waals surface area contributed by atoms with Crippen molar-refractivity contribution >= 4 is 26.7 Å². The van der Waals surface area contributed by atoms with E-state index in [0.29, 0.717) is 0 Å². The zero-order valence-electron chi connectivity index (χ0n) is 11.9. The Hall–Kier alpha value is -1.13. The van der Waals surface area contributed by atoms with Crippen molar-refractivity contribution in [1.82, 2.24) is 10.3 Å². The Morgan fingerprint density at radius 1 is 1.05 bits per heavy atom. The molecule has 1 fully saturated rings. The number of thiazole rings is 1. The zero-order chi connectivity index (χ0) is 13.6. The molecule has 4 heteroatoms. The minimum atomic E-state index is 0.731. The molecule has 0 bridgehead atoms. The predicted octanol–water partition coefficient (Wildman–Crippen LogP) is 4.02. The minimum Gasteiger partial charge on any atom is -0.360 e. The van der Waals surface area contributed by atoms with Crippen LogP contribution in [0, 0.1) is 0 Å². The molecule has 3 rings (SSSR count). The number of aromatic nitrogens is 1. The highest BCUT2D eigenvalue weighted by atomic mass is 32.1. The molecule has 1 saturated carbocycles. The van der Waals surface area contributed by atoms with E-state index in [0.717, 1.165) is 29.8 Å². The molecule has 1 aromatic heterocycles. The normalized spacial score (nSPS) is 17.2. The van der Waals surface area contributed by atoms with Crippen LogP contribution < -0.4 is 10.6 Å². The molecule has 108 valence electrons. The van der Waals surface area contributed by atoms with E-state index in [1.54, 1.807) is 11.3 Å². The molecule has 2 aromatic rings.